The van der Waals surface area contributed by atoms with Crippen molar-refractivity contribution in [3.05, 3.63) is 48.3 Å². The summed E-state index contributed by atoms with van der Waals surface area (Å²) in [6.45, 7) is 0.849. The minimum absolute atomic E-state index is 0.0837. The third-order valence-electron chi connectivity index (χ3n) is 2.72. The van der Waals surface area contributed by atoms with Crippen LogP contribution in [0.15, 0.2) is 42.7 Å². The van der Waals surface area contributed by atoms with E-state index in [1.807, 2.05) is 37.6 Å². The molecule has 2 aromatic rings. The summed E-state index contributed by atoms with van der Waals surface area (Å²) in [5.41, 5.74) is 8.32. The molecule has 1 atom stereocenters. The molecule has 0 aliphatic carbocycles. The maximum absolute atomic E-state index is 6.10. The van der Waals surface area contributed by atoms with E-state index in [0.29, 0.717) is 0 Å². The first kappa shape index (κ1) is 11.7. The Kier molecular flexibility index (Phi) is 3.77. The van der Waals surface area contributed by atoms with Crippen LogP contribution in [0.5, 0.6) is 0 Å². The van der Waals surface area contributed by atoms with Gasteiger partial charge in [-0.3, -0.25) is 4.68 Å². The van der Waals surface area contributed by atoms with Gasteiger partial charge in [-0.25, -0.2) is 0 Å². The molecule has 1 unspecified atom stereocenters. The van der Waals surface area contributed by atoms with Gasteiger partial charge in [-0.05, 0) is 12.0 Å². The fourth-order valence-corrected chi connectivity index (χ4v) is 1.75. The van der Waals surface area contributed by atoms with Crippen LogP contribution >= 0.6 is 0 Å². The molecular weight excluding hydrogens is 212 g/mol. The van der Waals surface area contributed by atoms with E-state index in [2.05, 4.69) is 22.5 Å². The normalized spacial score (nSPS) is 12.4. The van der Waals surface area contributed by atoms with Crippen molar-refractivity contribution >= 4 is 5.69 Å². The lowest BCUT2D eigenvalue weighted by Gasteiger charge is -2.12. The van der Waals surface area contributed by atoms with Crippen molar-refractivity contribution in [1.82, 2.24) is 9.78 Å². The van der Waals surface area contributed by atoms with E-state index in [9.17, 15) is 0 Å². The summed E-state index contributed by atoms with van der Waals surface area (Å²) >= 11 is 0. The topological polar surface area (TPSA) is 55.9 Å². The molecule has 1 aromatic heterocycles. The Morgan fingerprint density at radius 1 is 1.35 bits per heavy atom. The average molecular weight is 230 g/mol. The predicted octanol–water partition coefficient (Wildman–Crippen LogP) is 1.92. The van der Waals surface area contributed by atoms with Gasteiger partial charge in [0.1, 0.15) is 0 Å². The Morgan fingerprint density at radius 2 is 2.12 bits per heavy atom. The maximum atomic E-state index is 6.10. The third-order valence-corrected chi connectivity index (χ3v) is 2.72. The summed E-state index contributed by atoms with van der Waals surface area (Å²) in [5, 5.41) is 7.40. The van der Waals surface area contributed by atoms with Crippen molar-refractivity contribution < 1.29 is 0 Å². The molecule has 0 saturated heterocycles. The number of nitrogens with two attached hydrogens (primary N) is 1. The van der Waals surface area contributed by atoms with Gasteiger partial charge in [-0.2, -0.15) is 5.10 Å². The highest BCUT2D eigenvalue weighted by Gasteiger charge is 2.04. The summed E-state index contributed by atoms with van der Waals surface area (Å²) in [6, 6.07) is 10.3. The fraction of sp³-hybridized carbons (Fsp3) is 0.308. The van der Waals surface area contributed by atoms with Crippen LogP contribution in [-0.2, 0) is 7.05 Å². The van der Waals surface area contributed by atoms with Crippen LogP contribution in [0.1, 0.15) is 18.0 Å². The molecule has 0 spiro atoms. The predicted molar refractivity (Wildman–Crippen MR) is 69.7 cm³/mol. The number of aryl methyl sites for hydroxylation is 1. The van der Waals surface area contributed by atoms with Gasteiger partial charge in [0.15, 0.2) is 0 Å². The van der Waals surface area contributed by atoms with Crippen LogP contribution in [-0.4, -0.2) is 16.3 Å². The van der Waals surface area contributed by atoms with Crippen LogP contribution in [0.3, 0.4) is 0 Å². The van der Waals surface area contributed by atoms with Crippen LogP contribution in [0, 0.1) is 0 Å². The molecular formula is C13H18N4. The molecule has 4 nitrogen and oxygen atoms in total. The number of hydrogen-bond acceptors (Lipinski definition) is 3. The molecule has 17 heavy (non-hydrogen) atoms. The van der Waals surface area contributed by atoms with Gasteiger partial charge < -0.3 is 11.1 Å². The molecule has 0 saturated carbocycles. The second kappa shape index (κ2) is 5.50. The summed E-state index contributed by atoms with van der Waals surface area (Å²) in [6.07, 6.45) is 4.67. The van der Waals surface area contributed by atoms with Crippen LogP contribution in [0.2, 0.25) is 0 Å². The Hall–Kier alpha value is -1.81. The molecule has 0 fully saturated rings. The van der Waals surface area contributed by atoms with Crippen molar-refractivity contribution in [2.75, 3.05) is 11.9 Å². The largest absolute Gasteiger partial charge is 0.382 e. The summed E-state index contributed by atoms with van der Waals surface area (Å²) < 4.78 is 1.78. The van der Waals surface area contributed by atoms with E-state index in [4.69, 9.17) is 5.73 Å². The van der Waals surface area contributed by atoms with Crippen molar-refractivity contribution in [2.45, 2.75) is 12.5 Å². The maximum Gasteiger partial charge on any atom is 0.0726 e. The van der Waals surface area contributed by atoms with Gasteiger partial charge in [0.05, 0.1) is 11.9 Å². The first-order chi connectivity index (χ1) is 8.25. The SMILES string of the molecule is Cn1cc(NCCC(N)c2ccccc2)cn1. The summed E-state index contributed by atoms with van der Waals surface area (Å²) in [4.78, 5) is 0. The molecule has 2 rings (SSSR count). The van der Waals surface area contributed by atoms with Gasteiger partial charge in [0.25, 0.3) is 0 Å². The van der Waals surface area contributed by atoms with Gasteiger partial charge in [0, 0.05) is 25.8 Å². The number of benzene rings is 1. The zero-order chi connectivity index (χ0) is 12.1. The van der Waals surface area contributed by atoms with Crippen molar-refractivity contribution in [3.8, 4) is 0 Å². The lowest BCUT2D eigenvalue weighted by Crippen LogP contribution is -2.15. The molecule has 0 aliphatic heterocycles. The standard InChI is InChI=1S/C13H18N4/c1-17-10-12(9-16-17)15-8-7-13(14)11-5-3-2-4-6-11/h2-6,9-10,13,15H,7-8,14H2,1H3. The van der Waals surface area contributed by atoms with Crippen molar-refractivity contribution in [3.63, 3.8) is 0 Å². The Bertz CT molecular complexity index is 449. The second-order valence-electron chi connectivity index (χ2n) is 4.14. The highest BCUT2D eigenvalue weighted by atomic mass is 15.3. The fourth-order valence-electron chi connectivity index (χ4n) is 1.75. The van der Waals surface area contributed by atoms with E-state index in [0.717, 1.165) is 18.7 Å². The molecule has 0 bridgehead atoms. The first-order valence-corrected chi connectivity index (χ1v) is 5.79. The van der Waals surface area contributed by atoms with Gasteiger partial charge in [-0.15, -0.1) is 0 Å². The molecule has 3 N–H and O–H groups in total. The Balaban J connectivity index is 1.79. The van der Waals surface area contributed by atoms with Crippen LogP contribution in [0.4, 0.5) is 5.69 Å². The van der Waals surface area contributed by atoms with E-state index in [1.54, 1.807) is 4.68 Å². The number of nitrogens with zero attached hydrogens (tertiary/aromatic N) is 2. The molecule has 0 amide bonds. The van der Waals surface area contributed by atoms with Crippen LogP contribution < -0.4 is 11.1 Å². The average Bonchev–Trinajstić information content (AvgIpc) is 2.76. The van der Waals surface area contributed by atoms with Crippen molar-refractivity contribution in [2.24, 2.45) is 12.8 Å². The van der Waals surface area contributed by atoms with Gasteiger partial charge in [-0.1, -0.05) is 30.3 Å². The number of nitrogens with one attached hydrogen (secondary N) is 1. The van der Waals surface area contributed by atoms with Crippen LogP contribution in [0.25, 0.3) is 0 Å². The molecule has 0 radical (unpaired) electrons. The minimum atomic E-state index is 0.0837. The van der Waals surface area contributed by atoms with Gasteiger partial charge in [0.2, 0.25) is 0 Å². The first-order valence-electron chi connectivity index (χ1n) is 5.79. The second-order valence-corrected chi connectivity index (χ2v) is 4.14. The molecule has 1 aromatic carbocycles. The number of aromatic nitrogens is 2. The van der Waals surface area contributed by atoms with Crippen molar-refractivity contribution in [1.29, 1.82) is 0 Å². The summed E-state index contributed by atoms with van der Waals surface area (Å²) in [5.74, 6) is 0. The zero-order valence-corrected chi connectivity index (χ0v) is 10.0. The lowest BCUT2D eigenvalue weighted by molar-refractivity contribution is 0.675. The molecule has 90 valence electrons. The molecule has 0 aliphatic rings. The smallest absolute Gasteiger partial charge is 0.0726 e. The van der Waals surface area contributed by atoms with E-state index < -0.39 is 0 Å². The molecule has 1 heterocycles. The Labute approximate surface area is 101 Å². The highest BCUT2D eigenvalue weighted by molar-refractivity contribution is 5.37. The quantitative estimate of drug-likeness (QED) is 0.825. The van der Waals surface area contributed by atoms with Gasteiger partial charge >= 0.3 is 0 Å². The number of anilines is 1. The number of hydrogen-bond donors (Lipinski definition) is 2. The van der Waals surface area contributed by atoms with E-state index in [-0.39, 0.29) is 6.04 Å². The third kappa shape index (κ3) is 3.32. The minimum Gasteiger partial charge on any atom is -0.382 e. The Morgan fingerprint density at radius 3 is 2.76 bits per heavy atom. The van der Waals surface area contributed by atoms with E-state index in [1.165, 1.54) is 5.56 Å². The molecule has 4 heteroatoms. The summed E-state index contributed by atoms with van der Waals surface area (Å²) in [7, 11) is 1.90. The van der Waals surface area contributed by atoms with E-state index >= 15 is 0 Å². The highest BCUT2D eigenvalue weighted by Crippen LogP contribution is 2.13. The number of rotatable bonds is 5. The zero-order valence-electron chi connectivity index (χ0n) is 10.0. The monoisotopic (exact) mass is 230 g/mol. The lowest BCUT2D eigenvalue weighted by atomic mass is 10.1.